The normalized spacial score (nSPS) is 27.8. The Labute approximate surface area is 159 Å². The molecule has 0 radical (unpaired) electrons. The number of benzene rings is 1. The minimum Gasteiger partial charge on any atom is -0.375 e. The molecule has 5 rings (SSSR count). The van der Waals surface area contributed by atoms with E-state index in [0.717, 1.165) is 56.2 Å². The summed E-state index contributed by atoms with van der Waals surface area (Å²) < 4.78 is 6.10. The van der Waals surface area contributed by atoms with Gasteiger partial charge in [0.05, 0.1) is 12.7 Å². The van der Waals surface area contributed by atoms with Crippen molar-refractivity contribution in [3.8, 4) is 0 Å². The van der Waals surface area contributed by atoms with Gasteiger partial charge in [0.15, 0.2) is 0 Å². The van der Waals surface area contributed by atoms with Crippen LogP contribution in [0.25, 0.3) is 0 Å². The average Bonchev–Trinajstić information content (AvgIpc) is 3.26. The van der Waals surface area contributed by atoms with Gasteiger partial charge in [-0.25, -0.2) is 4.98 Å². The predicted molar refractivity (Wildman–Crippen MR) is 104 cm³/mol. The smallest absolute Gasteiger partial charge is 0.237 e. The lowest BCUT2D eigenvalue weighted by Gasteiger charge is -2.36. The molecular formula is C21H24N4O2. The molecule has 6 nitrogen and oxygen atoms in total. The maximum atomic E-state index is 12.7. The maximum absolute atomic E-state index is 12.7. The highest BCUT2D eigenvalue weighted by molar-refractivity contribution is 6.06. The second kappa shape index (κ2) is 6.62. The first kappa shape index (κ1) is 16.7. The quantitative estimate of drug-likeness (QED) is 0.901. The Balaban J connectivity index is 1.21. The first-order chi connectivity index (χ1) is 13.2. The van der Waals surface area contributed by atoms with Gasteiger partial charge in [0.25, 0.3) is 0 Å². The summed E-state index contributed by atoms with van der Waals surface area (Å²) in [7, 11) is 0. The highest BCUT2D eigenvalue weighted by Crippen LogP contribution is 2.45. The van der Waals surface area contributed by atoms with Crippen LogP contribution in [0.1, 0.15) is 12.0 Å². The van der Waals surface area contributed by atoms with Crippen molar-refractivity contribution in [1.82, 2.24) is 9.88 Å². The Morgan fingerprint density at radius 1 is 1.11 bits per heavy atom. The number of ether oxygens (including phenoxy) is 1. The largest absolute Gasteiger partial charge is 0.375 e. The van der Waals surface area contributed by atoms with Gasteiger partial charge in [-0.15, -0.1) is 0 Å². The van der Waals surface area contributed by atoms with Crippen LogP contribution in [0.4, 0.5) is 11.5 Å². The number of nitrogens with one attached hydrogen (secondary N) is 1. The van der Waals surface area contributed by atoms with Crippen LogP contribution in [0.5, 0.6) is 0 Å². The highest BCUT2D eigenvalue weighted by Gasteiger charge is 2.52. The number of para-hydroxylation sites is 1. The zero-order valence-corrected chi connectivity index (χ0v) is 15.3. The number of amides is 1. The summed E-state index contributed by atoms with van der Waals surface area (Å²) in [6.45, 7) is 5.29. The fourth-order valence-electron chi connectivity index (χ4n) is 4.59. The van der Waals surface area contributed by atoms with Crippen LogP contribution in [0.15, 0.2) is 48.7 Å². The lowest BCUT2D eigenvalue weighted by molar-refractivity contribution is -0.120. The third kappa shape index (κ3) is 2.89. The van der Waals surface area contributed by atoms with Crippen LogP contribution in [-0.2, 0) is 14.9 Å². The molecule has 3 aliphatic heterocycles. The summed E-state index contributed by atoms with van der Waals surface area (Å²) in [5, 5.41) is 3.03. The molecule has 2 unspecified atom stereocenters. The number of hydrogen-bond donors (Lipinski definition) is 1. The number of carbonyl (C=O) groups is 1. The summed E-state index contributed by atoms with van der Waals surface area (Å²) in [5.41, 5.74) is 1.53. The van der Waals surface area contributed by atoms with Gasteiger partial charge in [0.2, 0.25) is 5.91 Å². The molecule has 1 aromatic heterocycles. The SMILES string of the molecule is O=C1Nc2ccccc2C12COC(CN1CCN(c3ccccn3)CC1)C2. The van der Waals surface area contributed by atoms with Gasteiger partial charge in [0.1, 0.15) is 11.2 Å². The van der Waals surface area contributed by atoms with E-state index in [1.165, 1.54) is 0 Å². The second-order valence-corrected chi connectivity index (χ2v) is 7.69. The van der Waals surface area contributed by atoms with Crippen molar-refractivity contribution in [2.24, 2.45) is 0 Å². The Hall–Kier alpha value is -2.44. The molecule has 27 heavy (non-hydrogen) atoms. The summed E-state index contributed by atoms with van der Waals surface area (Å²) in [4.78, 5) is 21.9. The Morgan fingerprint density at radius 3 is 2.74 bits per heavy atom. The number of nitrogens with zero attached hydrogens (tertiary/aromatic N) is 3. The van der Waals surface area contributed by atoms with E-state index >= 15 is 0 Å². The third-order valence-corrected chi connectivity index (χ3v) is 6.07. The van der Waals surface area contributed by atoms with Crippen molar-refractivity contribution in [3.63, 3.8) is 0 Å². The topological polar surface area (TPSA) is 57.7 Å². The zero-order chi connectivity index (χ0) is 18.3. The summed E-state index contributed by atoms with van der Waals surface area (Å²) >= 11 is 0. The molecule has 1 amide bonds. The van der Waals surface area contributed by atoms with Crippen LogP contribution < -0.4 is 10.2 Å². The minimum atomic E-state index is -0.503. The number of anilines is 2. The van der Waals surface area contributed by atoms with E-state index in [0.29, 0.717) is 6.61 Å². The molecule has 1 spiro atoms. The van der Waals surface area contributed by atoms with E-state index in [4.69, 9.17) is 4.74 Å². The van der Waals surface area contributed by atoms with Gasteiger partial charge in [-0.1, -0.05) is 24.3 Å². The molecule has 2 fully saturated rings. The molecule has 2 atom stereocenters. The lowest BCUT2D eigenvalue weighted by atomic mass is 9.79. The Bertz CT molecular complexity index is 835. The van der Waals surface area contributed by atoms with Crippen LogP contribution in [0.2, 0.25) is 0 Å². The number of pyridine rings is 1. The van der Waals surface area contributed by atoms with Gasteiger partial charge in [-0.2, -0.15) is 0 Å². The maximum Gasteiger partial charge on any atom is 0.237 e. The first-order valence-corrected chi connectivity index (χ1v) is 9.65. The molecule has 3 aliphatic rings. The molecule has 0 saturated carbocycles. The van der Waals surface area contributed by atoms with Crippen molar-refractivity contribution in [3.05, 3.63) is 54.2 Å². The molecule has 140 valence electrons. The van der Waals surface area contributed by atoms with E-state index in [1.54, 1.807) is 0 Å². The van der Waals surface area contributed by atoms with Crippen molar-refractivity contribution < 1.29 is 9.53 Å². The summed E-state index contributed by atoms with van der Waals surface area (Å²) in [6, 6.07) is 14.1. The van der Waals surface area contributed by atoms with Crippen LogP contribution in [0, 0.1) is 0 Å². The third-order valence-electron chi connectivity index (χ3n) is 6.07. The molecule has 1 aromatic carbocycles. The van der Waals surface area contributed by atoms with Crippen molar-refractivity contribution in [2.75, 3.05) is 49.5 Å². The molecule has 1 N–H and O–H groups in total. The average molecular weight is 364 g/mol. The second-order valence-electron chi connectivity index (χ2n) is 7.69. The number of carbonyl (C=O) groups excluding carboxylic acids is 1. The van der Waals surface area contributed by atoms with Crippen molar-refractivity contribution >= 4 is 17.4 Å². The highest BCUT2D eigenvalue weighted by atomic mass is 16.5. The number of fused-ring (bicyclic) bond motifs is 2. The van der Waals surface area contributed by atoms with Gasteiger partial charge >= 0.3 is 0 Å². The molecule has 6 heteroatoms. The molecule has 2 aromatic rings. The van der Waals surface area contributed by atoms with E-state index in [9.17, 15) is 4.79 Å². The Morgan fingerprint density at radius 2 is 1.93 bits per heavy atom. The van der Waals surface area contributed by atoms with Crippen molar-refractivity contribution in [2.45, 2.75) is 17.9 Å². The molecule has 0 bridgehead atoms. The van der Waals surface area contributed by atoms with E-state index in [-0.39, 0.29) is 12.0 Å². The van der Waals surface area contributed by atoms with Crippen LogP contribution in [-0.4, -0.2) is 61.2 Å². The zero-order valence-electron chi connectivity index (χ0n) is 15.3. The molecular weight excluding hydrogens is 340 g/mol. The number of aromatic nitrogens is 1. The van der Waals surface area contributed by atoms with Gasteiger partial charge in [-0.05, 0) is 30.2 Å². The van der Waals surface area contributed by atoms with Gasteiger partial charge in [-0.3, -0.25) is 9.69 Å². The van der Waals surface area contributed by atoms with Crippen LogP contribution >= 0.6 is 0 Å². The standard InChI is InChI=1S/C21H24N4O2/c26-20-21(17-5-1-2-6-18(17)23-20)13-16(27-15-21)14-24-9-11-25(12-10-24)19-7-3-4-8-22-19/h1-8,16H,9-15H2,(H,23,26). The molecule has 0 aliphatic carbocycles. The molecule has 4 heterocycles. The summed E-state index contributed by atoms with van der Waals surface area (Å²) in [6.07, 6.45) is 2.71. The first-order valence-electron chi connectivity index (χ1n) is 9.65. The lowest BCUT2D eigenvalue weighted by Crippen LogP contribution is -2.49. The predicted octanol–water partition coefficient (Wildman–Crippen LogP) is 1.88. The fourth-order valence-corrected chi connectivity index (χ4v) is 4.59. The number of piperazine rings is 1. The van der Waals surface area contributed by atoms with Gasteiger partial charge < -0.3 is 15.0 Å². The van der Waals surface area contributed by atoms with Gasteiger partial charge in [0, 0.05) is 44.6 Å². The van der Waals surface area contributed by atoms with Crippen molar-refractivity contribution in [1.29, 1.82) is 0 Å². The number of hydrogen-bond acceptors (Lipinski definition) is 5. The Kier molecular flexibility index (Phi) is 4.10. The monoisotopic (exact) mass is 364 g/mol. The van der Waals surface area contributed by atoms with E-state index in [1.807, 2.05) is 36.5 Å². The summed E-state index contributed by atoms with van der Waals surface area (Å²) in [5.74, 6) is 1.14. The van der Waals surface area contributed by atoms with E-state index < -0.39 is 5.41 Å². The minimum absolute atomic E-state index is 0.0890. The fraction of sp³-hybridized carbons (Fsp3) is 0.429. The van der Waals surface area contributed by atoms with Crippen LogP contribution in [0.3, 0.4) is 0 Å². The van der Waals surface area contributed by atoms with E-state index in [2.05, 4.69) is 32.2 Å². The number of rotatable bonds is 3. The molecule has 2 saturated heterocycles.